The molecule has 6 aromatic rings. The quantitative estimate of drug-likeness (QED) is 0.0581. The number of carbonyl (C=O) groups excluding carboxylic acids is 3. The van der Waals surface area contributed by atoms with Gasteiger partial charge in [0.1, 0.15) is 29.5 Å². The smallest absolute Gasteiger partial charge is 0.303 e. The highest BCUT2D eigenvalue weighted by molar-refractivity contribution is 5.71. The number of hydrogen-bond donors (Lipinski definition) is 0. The van der Waals surface area contributed by atoms with Crippen molar-refractivity contribution in [3.8, 4) is 69.0 Å². The van der Waals surface area contributed by atoms with Gasteiger partial charge in [0.25, 0.3) is 0 Å². The van der Waals surface area contributed by atoms with Gasteiger partial charge in [0, 0.05) is 48.9 Å². The van der Waals surface area contributed by atoms with Crippen LogP contribution in [0, 0.1) is 0 Å². The van der Waals surface area contributed by atoms with Crippen LogP contribution in [0.2, 0.25) is 0 Å². The van der Waals surface area contributed by atoms with Crippen LogP contribution in [0.1, 0.15) is 96.2 Å². The third-order valence-electron chi connectivity index (χ3n) is 14.1. The Morgan fingerprint density at radius 1 is 0.354 bits per heavy atom. The molecule has 0 bridgehead atoms. The monoisotopic (exact) mass is 1090 g/mol. The lowest BCUT2D eigenvalue weighted by molar-refractivity contribution is -0.186. The molecule has 9 rings (SSSR count). The van der Waals surface area contributed by atoms with Gasteiger partial charge in [-0.25, -0.2) is 0 Å². The lowest BCUT2D eigenvalue weighted by Gasteiger charge is -2.46. The molecule has 3 heterocycles. The zero-order chi connectivity index (χ0) is 56.2. The van der Waals surface area contributed by atoms with Crippen molar-refractivity contribution in [2.45, 2.75) is 75.5 Å². The predicted octanol–water partition coefficient (Wildman–Crippen LogP) is 9.89. The molecule has 0 aliphatic carbocycles. The lowest BCUT2D eigenvalue weighted by atomic mass is 9.77. The van der Waals surface area contributed by atoms with E-state index in [1.165, 1.54) is 63.4 Å². The second kappa shape index (κ2) is 23.5. The van der Waals surface area contributed by atoms with E-state index in [0.29, 0.717) is 62.1 Å². The van der Waals surface area contributed by atoms with Crippen LogP contribution in [-0.4, -0.2) is 100 Å². The van der Waals surface area contributed by atoms with E-state index >= 15 is 0 Å². The summed E-state index contributed by atoms with van der Waals surface area (Å²) in [6.45, 7) is 3.83. The molecule has 0 spiro atoms. The number of carbonyl (C=O) groups is 3. The van der Waals surface area contributed by atoms with Gasteiger partial charge in [0.15, 0.2) is 71.1 Å². The molecule has 0 aromatic heterocycles. The Bertz CT molecular complexity index is 3180. The summed E-state index contributed by atoms with van der Waals surface area (Å²) < 4.78 is 101. The first kappa shape index (κ1) is 55.1. The third-order valence-corrected chi connectivity index (χ3v) is 14.1. The van der Waals surface area contributed by atoms with Gasteiger partial charge < -0.3 is 75.8 Å². The first-order chi connectivity index (χ1) is 38.2. The fourth-order valence-corrected chi connectivity index (χ4v) is 10.7. The van der Waals surface area contributed by atoms with Crippen molar-refractivity contribution in [2.24, 2.45) is 0 Å². The summed E-state index contributed by atoms with van der Waals surface area (Å²) in [6, 6.07) is 30.3. The summed E-state index contributed by atoms with van der Waals surface area (Å²) in [4.78, 5) is 40.1. The molecule has 3 aliphatic heterocycles. The molecule has 0 fully saturated rings. The molecule has 9 unspecified atom stereocenters. The molecule has 3 aliphatic rings. The Balaban J connectivity index is 1.36. The van der Waals surface area contributed by atoms with Crippen molar-refractivity contribution in [3.63, 3.8) is 0 Å². The van der Waals surface area contributed by atoms with E-state index in [-0.39, 0.29) is 45.8 Å². The highest BCUT2D eigenvalue weighted by Crippen LogP contribution is 2.61. The van der Waals surface area contributed by atoms with E-state index in [1.807, 2.05) is 30.3 Å². The van der Waals surface area contributed by atoms with Crippen molar-refractivity contribution in [1.82, 2.24) is 0 Å². The Morgan fingerprint density at radius 2 is 0.734 bits per heavy atom. The second-order valence-electron chi connectivity index (χ2n) is 18.5. The van der Waals surface area contributed by atoms with Gasteiger partial charge in [-0.15, -0.1) is 0 Å². The fraction of sp³-hybridized carbons (Fsp3) is 0.350. The minimum absolute atomic E-state index is 0.103. The topological polar surface area (TPSA) is 199 Å². The molecular formula is C60H62O19. The number of benzene rings is 6. The first-order valence-corrected chi connectivity index (χ1v) is 25.1. The van der Waals surface area contributed by atoms with Gasteiger partial charge in [-0.3, -0.25) is 14.4 Å². The Labute approximate surface area is 457 Å². The van der Waals surface area contributed by atoms with Crippen LogP contribution in [-0.2, 0) is 33.3 Å². The van der Waals surface area contributed by atoms with E-state index in [9.17, 15) is 14.4 Å². The van der Waals surface area contributed by atoms with Crippen LogP contribution in [0.5, 0.6) is 69.0 Å². The Hall–Kier alpha value is -8.71. The predicted molar refractivity (Wildman–Crippen MR) is 283 cm³/mol. The van der Waals surface area contributed by atoms with Crippen molar-refractivity contribution in [3.05, 3.63) is 142 Å². The number of esters is 3. The van der Waals surface area contributed by atoms with E-state index < -0.39 is 72.7 Å². The Morgan fingerprint density at radius 3 is 1.13 bits per heavy atom. The molecule has 0 amide bonds. The maximum absolute atomic E-state index is 13.5. The molecule has 19 heteroatoms. The van der Waals surface area contributed by atoms with Gasteiger partial charge in [-0.1, -0.05) is 42.5 Å². The van der Waals surface area contributed by atoms with Crippen LogP contribution in [0.3, 0.4) is 0 Å². The molecule has 6 aromatic carbocycles. The zero-order valence-electron chi connectivity index (χ0n) is 45.8. The number of hydrogen-bond acceptors (Lipinski definition) is 19. The van der Waals surface area contributed by atoms with Gasteiger partial charge in [-0.2, -0.15) is 0 Å². The van der Waals surface area contributed by atoms with E-state index in [4.69, 9.17) is 75.8 Å². The molecule has 416 valence electrons. The third kappa shape index (κ3) is 10.4. The molecule has 0 saturated heterocycles. The largest absolute Gasteiger partial charge is 0.497 e. The summed E-state index contributed by atoms with van der Waals surface area (Å²) in [7, 11) is 13.6. The van der Waals surface area contributed by atoms with E-state index in [2.05, 4.69) is 0 Å². The van der Waals surface area contributed by atoms with Crippen molar-refractivity contribution >= 4 is 17.9 Å². The molecule has 19 nitrogen and oxygen atoms in total. The van der Waals surface area contributed by atoms with Crippen LogP contribution >= 0.6 is 0 Å². The maximum atomic E-state index is 13.5. The molecule has 0 saturated carbocycles. The standard InChI is InChI=1S/C60H62O19/c1-30(61)73-54-42-29-41(49(69-9)58(72-12)53(42)78-48(60(54)75-32(3)63)35-17-23-38(66-6)24-18-35)45-39-25-27-43(67-7)55(70-10)50(39)76-46(33-13-19-36(64-4)20-14-33)57(45)79-52-40-26-28-44(68-8)56(71-11)51(40)77-47(59(52)74-31(2)62)34-15-21-37(65-5)22-16-34/h13-29,45-48,52,54,57,59-60H,1-12H3. The van der Waals surface area contributed by atoms with Crippen molar-refractivity contribution in [1.29, 1.82) is 0 Å². The number of ether oxygens (including phenoxy) is 16. The fourth-order valence-electron chi connectivity index (χ4n) is 10.7. The summed E-state index contributed by atoms with van der Waals surface area (Å²) in [5, 5.41) is 0. The van der Waals surface area contributed by atoms with Gasteiger partial charge >= 0.3 is 17.9 Å². The van der Waals surface area contributed by atoms with Crippen molar-refractivity contribution in [2.75, 3.05) is 64.0 Å². The summed E-state index contributed by atoms with van der Waals surface area (Å²) in [5.41, 5.74) is 3.40. The molecule has 0 N–H and O–H groups in total. The highest BCUT2D eigenvalue weighted by atomic mass is 16.6. The summed E-state index contributed by atoms with van der Waals surface area (Å²) >= 11 is 0. The first-order valence-electron chi connectivity index (χ1n) is 25.1. The van der Waals surface area contributed by atoms with Crippen LogP contribution in [0.25, 0.3) is 0 Å². The average molecular weight is 1090 g/mol. The molecule has 0 radical (unpaired) electrons. The van der Waals surface area contributed by atoms with Crippen LogP contribution < -0.4 is 56.8 Å². The number of methoxy groups -OCH3 is 9. The normalized spacial score (nSPS) is 21.5. The average Bonchev–Trinajstić information content (AvgIpc) is 3.46. The SMILES string of the molecule is COc1ccc(C2Oc3c(ccc(OC)c3OC)C(OC3C(c4ccc(OC)cc4)Oc4c(ccc(OC)c4OC)C3c3cc4c(c(OC)c3OC)OC(c3ccc(OC)cc3)C(OC(C)=O)C4OC(C)=O)C2OC(C)=O)cc1. The van der Waals surface area contributed by atoms with E-state index in [0.717, 1.165) is 0 Å². The van der Waals surface area contributed by atoms with Crippen LogP contribution in [0.15, 0.2) is 103 Å². The number of rotatable bonds is 18. The summed E-state index contributed by atoms with van der Waals surface area (Å²) in [5.74, 6) is 0.950. The Kier molecular flexibility index (Phi) is 16.4. The highest BCUT2D eigenvalue weighted by Gasteiger charge is 2.53. The van der Waals surface area contributed by atoms with E-state index in [1.54, 1.807) is 94.1 Å². The van der Waals surface area contributed by atoms with Crippen molar-refractivity contribution < 1.29 is 90.2 Å². The second-order valence-corrected chi connectivity index (χ2v) is 18.5. The maximum Gasteiger partial charge on any atom is 0.303 e. The minimum Gasteiger partial charge on any atom is -0.497 e. The molecule has 9 atom stereocenters. The zero-order valence-corrected chi connectivity index (χ0v) is 45.8. The molecule has 79 heavy (non-hydrogen) atoms. The van der Waals surface area contributed by atoms with Crippen LogP contribution in [0.4, 0.5) is 0 Å². The van der Waals surface area contributed by atoms with Gasteiger partial charge in [-0.05, 0) is 77.4 Å². The van der Waals surface area contributed by atoms with Gasteiger partial charge in [0.05, 0.1) is 64.0 Å². The minimum atomic E-state index is -1.30. The molecular weight excluding hydrogens is 1020 g/mol. The number of fused-ring (bicyclic) bond motifs is 3. The summed E-state index contributed by atoms with van der Waals surface area (Å²) in [6.07, 6.45) is -9.22. The lowest BCUT2D eigenvalue weighted by Crippen LogP contribution is -2.45. The van der Waals surface area contributed by atoms with Gasteiger partial charge in [0.2, 0.25) is 17.2 Å².